The topological polar surface area (TPSA) is 24.9 Å². The first-order valence-electron chi connectivity index (χ1n) is 4.96. The van der Waals surface area contributed by atoms with Gasteiger partial charge in [-0.05, 0) is 25.1 Å². The van der Waals surface area contributed by atoms with E-state index in [0.717, 1.165) is 31.8 Å². The minimum Gasteiger partial charge on any atom is -0.316 e. The second kappa shape index (κ2) is 4.63. The highest BCUT2D eigenvalue weighted by atomic mass is 32.2. The lowest BCUT2D eigenvalue weighted by Crippen LogP contribution is -2.10. The SMILES string of the molecule is FC(F)(F)c1ccc(SC2CCNC2)nc1. The summed E-state index contributed by atoms with van der Waals surface area (Å²) in [4.78, 5) is 3.82. The molecule has 2 rings (SSSR count). The van der Waals surface area contributed by atoms with E-state index in [9.17, 15) is 13.2 Å². The number of aromatic nitrogens is 1. The molecule has 6 heteroatoms. The van der Waals surface area contributed by atoms with Crippen molar-refractivity contribution in [2.75, 3.05) is 13.1 Å². The van der Waals surface area contributed by atoms with Crippen LogP contribution >= 0.6 is 11.8 Å². The Hall–Kier alpha value is -0.750. The molecule has 0 aromatic carbocycles. The van der Waals surface area contributed by atoms with Gasteiger partial charge in [0.05, 0.1) is 10.6 Å². The molecule has 1 aliphatic rings. The first kappa shape index (κ1) is 11.7. The van der Waals surface area contributed by atoms with Crippen LogP contribution in [0.2, 0.25) is 0 Å². The number of rotatable bonds is 2. The molecule has 2 nitrogen and oxygen atoms in total. The zero-order valence-electron chi connectivity index (χ0n) is 8.42. The summed E-state index contributed by atoms with van der Waals surface area (Å²) in [6.07, 6.45) is -2.37. The van der Waals surface area contributed by atoms with E-state index in [-0.39, 0.29) is 0 Å². The van der Waals surface area contributed by atoms with Crippen molar-refractivity contribution in [1.82, 2.24) is 10.3 Å². The van der Waals surface area contributed by atoms with E-state index in [1.54, 1.807) is 0 Å². The third-order valence-electron chi connectivity index (χ3n) is 2.37. The van der Waals surface area contributed by atoms with Gasteiger partial charge in [-0.15, -0.1) is 11.8 Å². The molecule has 1 unspecified atom stereocenters. The monoisotopic (exact) mass is 248 g/mol. The van der Waals surface area contributed by atoms with Crippen LogP contribution < -0.4 is 5.32 Å². The summed E-state index contributed by atoms with van der Waals surface area (Å²) >= 11 is 1.53. The fraction of sp³-hybridized carbons (Fsp3) is 0.500. The number of nitrogens with one attached hydrogen (secondary N) is 1. The minimum atomic E-state index is -4.30. The molecule has 1 saturated heterocycles. The number of nitrogens with zero attached hydrogens (tertiary/aromatic N) is 1. The van der Waals surface area contributed by atoms with E-state index in [1.165, 1.54) is 17.8 Å². The first-order valence-corrected chi connectivity index (χ1v) is 5.84. The highest BCUT2D eigenvalue weighted by Crippen LogP contribution is 2.31. The summed E-state index contributed by atoms with van der Waals surface area (Å²) in [7, 11) is 0. The van der Waals surface area contributed by atoms with Crippen LogP contribution in [0.15, 0.2) is 23.4 Å². The molecule has 88 valence electrons. The molecule has 0 amide bonds. The number of alkyl halides is 3. The summed E-state index contributed by atoms with van der Waals surface area (Å²) in [6, 6.07) is 2.52. The molecule has 2 heterocycles. The number of halogens is 3. The molecule has 1 aliphatic heterocycles. The van der Waals surface area contributed by atoms with Crippen LogP contribution in [0.3, 0.4) is 0 Å². The molecule has 0 saturated carbocycles. The van der Waals surface area contributed by atoms with E-state index in [0.29, 0.717) is 10.3 Å². The van der Waals surface area contributed by atoms with Gasteiger partial charge in [0, 0.05) is 18.0 Å². The Morgan fingerprint density at radius 3 is 2.69 bits per heavy atom. The number of hydrogen-bond donors (Lipinski definition) is 1. The van der Waals surface area contributed by atoms with Gasteiger partial charge in [-0.3, -0.25) is 0 Å². The lowest BCUT2D eigenvalue weighted by Gasteiger charge is -2.09. The van der Waals surface area contributed by atoms with Gasteiger partial charge < -0.3 is 5.32 Å². The molecule has 1 fully saturated rings. The standard InChI is InChI=1S/C10H11F3N2S/c11-10(12,13)7-1-2-9(15-5-7)16-8-3-4-14-6-8/h1-2,5,8,14H,3-4,6H2. The molecule has 0 spiro atoms. The van der Waals surface area contributed by atoms with E-state index in [2.05, 4.69) is 10.3 Å². The van der Waals surface area contributed by atoms with Crippen molar-refractivity contribution in [3.63, 3.8) is 0 Å². The van der Waals surface area contributed by atoms with Crippen LogP contribution in [0, 0.1) is 0 Å². The van der Waals surface area contributed by atoms with E-state index < -0.39 is 11.7 Å². The van der Waals surface area contributed by atoms with E-state index >= 15 is 0 Å². The molecule has 1 atom stereocenters. The molecule has 1 aromatic rings. The summed E-state index contributed by atoms with van der Waals surface area (Å²) in [5.41, 5.74) is -0.693. The highest BCUT2D eigenvalue weighted by molar-refractivity contribution is 7.99. The minimum absolute atomic E-state index is 0.421. The van der Waals surface area contributed by atoms with Crippen molar-refractivity contribution in [2.45, 2.75) is 22.9 Å². The summed E-state index contributed by atoms with van der Waals surface area (Å²) < 4.78 is 36.8. The Labute approximate surface area is 95.6 Å². The van der Waals surface area contributed by atoms with Crippen molar-refractivity contribution < 1.29 is 13.2 Å². The predicted octanol–water partition coefficient (Wildman–Crippen LogP) is 2.55. The molecule has 0 radical (unpaired) electrons. The lowest BCUT2D eigenvalue weighted by atomic mass is 10.3. The first-order chi connectivity index (χ1) is 7.55. The van der Waals surface area contributed by atoms with Crippen LogP contribution in [0.4, 0.5) is 13.2 Å². The van der Waals surface area contributed by atoms with Gasteiger partial charge in [-0.25, -0.2) is 4.98 Å². The van der Waals surface area contributed by atoms with Gasteiger partial charge in [-0.1, -0.05) is 0 Å². The normalized spacial score (nSPS) is 21.3. The quantitative estimate of drug-likeness (QED) is 0.870. The van der Waals surface area contributed by atoms with Gasteiger partial charge in [0.1, 0.15) is 0 Å². The van der Waals surface area contributed by atoms with Crippen molar-refractivity contribution in [2.24, 2.45) is 0 Å². The molecule has 0 aliphatic carbocycles. The van der Waals surface area contributed by atoms with Crippen LogP contribution in [-0.2, 0) is 6.18 Å². The Morgan fingerprint density at radius 1 is 1.38 bits per heavy atom. The summed E-state index contributed by atoms with van der Waals surface area (Å²) in [6.45, 7) is 1.87. The molecular weight excluding hydrogens is 237 g/mol. The third-order valence-corrected chi connectivity index (χ3v) is 3.58. The number of thioether (sulfide) groups is 1. The van der Waals surface area contributed by atoms with Crippen molar-refractivity contribution in [1.29, 1.82) is 0 Å². The maximum Gasteiger partial charge on any atom is 0.417 e. The number of hydrogen-bond acceptors (Lipinski definition) is 3. The molecule has 1 N–H and O–H groups in total. The molecular formula is C10H11F3N2S. The zero-order valence-corrected chi connectivity index (χ0v) is 9.24. The average Bonchev–Trinajstić information content (AvgIpc) is 2.70. The van der Waals surface area contributed by atoms with Gasteiger partial charge in [-0.2, -0.15) is 13.2 Å². The van der Waals surface area contributed by atoms with Crippen LogP contribution in [0.5, 0.6) is 0 Å². The maximum atomic E-state index is 12.3. The highest BCUT2D eigenvalue weighted by Gasteiger charge is 2.30. The third kappa shape index (κ3) is 2.89. The number of pyridine rings is 1. The predicted molar refractivity (Wildman–Crippen MR) is 56.4 cm³/mol. The summed E-state index contributed by atoms with van der Waals surface area (Å²) in [5, 5.41) is 4.27. The van der Waals surface area contributed by atoms with Crippen molar-refractivity contribution in [3.05, 3.63) is 23.9 Å². The Kier molecular flexibility index (Phi) is 3.39. The maximum absolute atomic E-state index is 12.3. The van der Waals surface area contributed by atoms with Crippen LogP contribution in [-0.4, -0.2) is 23.3 Å². The molecule has 1 aromatic heterocycles. The Bertz CT molecular complexity index is 344. The molecule has 16 heavy (non-hydrogen) atoms. The fourth-order valence-corrected chi connectivity index (χ4v) is 2.56. The van der Waals surface area contributed by atoms with Crippen molar-refractivity contribution in [3.8, 4) is 0 Å². The largest absolute Gasteiger partial charge is 0.417 e. The van der Waals surface area contributed by atoms with E-state index in [1.807, 2.05) is 0 Å². The summed E-state index contributed by atoms with van der Waals surface area (Å²) in [5.74, 6) is 0. The van der Waals surface area contributed by atoms with Gasteiger partial charge in [0.25, 0.3) is 0 Å². The lowest BCUT2D eigenvalue weighted by molar-refractivity contribution is -0.137. The van der Waals surface area contributed by atoms with Crippen LogP contribution in [0.1, 0.15) is 12.0 Å². The van der Waals surface area contributed by atoms with Gasteiger partial charge >= 0.3 is 6.18 Å². The smallest absolute Gasteiger partial charge is 0.316 e. The van der Waals surface area contributed by atoms with E-state index in [4.69, 9.17) is 0 Å². The van der Waals surface area contributed by atoms with Crippen LogP contribution in [0.25, 0.3) is 0 Å². The van der Waals surface area contributed by atoms with Gasteiger partial charge in [0.2, 0.25) is 0 Å². The average molecular weight is 248 g/mol. The Morgan fingerprint density at radius 2 is 2.19 bits per heavy atom. The second-order valence-corrected chi connectivity index (χ2v) is 4.94. The van der Waals surface area contributed by atoms with Gasteiger partial charge in [0.15, 0.2) is 0 Å². The Balaban J connectivity index is 2.01. The zero-order chi connectivity index (χ0) is 11.6. The van der Waals surface area contributed by atoms with Crippen molar-refractivity contribution >= 4 is 11.8 Å². The fourth-order valence-electron chi connectivity index (χ4n) is 1.52. The second-order valence-electron chi connectivity index (χ2n) is 3.62. The molecule has 0 bridgehead atoms.